The van der Waals surface area contributed by atoms with Crippen LogP contribution in [0.1, 0.15) is 29.9 Å². The summed E-state index contributed by atoms with van der Waals surface area (Å²) < 4.78 is 6.54. The average Bonchev–Trinajstić information content (AvgIpc) is 2.82. The van der Waals surface area contributed by atoms with E-state index in [2.05, 4.69) is 45.4 Å². The first-order valence-corrected chi connectivity index (χ1v) is 7.95. The van der Waals surface area contributed by atoms with Gasteiger partial charge in [-0.1, -0.05) is 21.1 Å². The van der Waals surface area contributed by atoms with Crippen LogP contribution in [-0.2, 0) is 18.6 Å². The summed E-state index contributed by atoms with van der Waals surface area (Å²) in [5, 5.41) is 4.23. The second-order valence-electron chi connectivity index (χ2n) is 4.48. The van der Waals surface area contributed by atoms with Crippen molar-refractivity contribution in [3.8, 4) is 0 Å². The monoisotopic (exact) mass is 323 g/mol. The number of aryl methyl sites for hydroxylation is 1. The van der Waals surface area contributed by atoms with Crippen LogP contribution >= 0.6 is 27.7 Å². The van der Waals surface area contributed by atoms with Gasteiger partial charge >= 0.3 is 0 Å². The molecule has 0 radical (unpaired) electrons. The Labute approximate surface area is 119 Å². The number of halogens is 1. The standard InChI is InChI=1S/C14H14BrNOS/c15-10-5-7-11(8-6-10)18-9-13-12-3-1-2-4-14(12)17-16-13/h5-8H,1-4,9H2. The number of hydrogen-bond donors (Lipinski definition) is 0. The van der Waals surface area contributed by atoms with E-state index in [4.69, 9.17) is 4.52 Å². The Morgan fingerprint density at radius 3 is 2.78 bits per heavy atom. The summed E-state index contributed by atoms with van der Waals surface area (Å²) in [6, 6.07) is 8.39. The Morgan fingerprint density at radius 1 is 1.17 bits per heavy atom. The third-order valence-electron chi connectivity index (χ3n) is 3.22. The quantitative estimate of drug-likeness (QED) is 0.771. The van der Waals surface area contributed by atoms with E-state index in [1.807, 2.05) is 11.8 Å². The van der Waals surface area contributed by atoms with Crippen molar-refractivity contribution in [1.29, 1.82) is 0 Å². The lowest BCUT2D eigenvalue weighted by Crippen LogP contribution is -2.01. The van der Waals surface area contributed by atoms with E-state index in [9.17, 15) is 0 Å². The van der Waals surface area contributed by atoms with Crippen LogP contribution in [0.5, 0.6) is 0 Å². The molecule has 0 N–H and O–H groups in total. The van der Waals surface area contributed by atoms with E-state index in [-0.39, 0.29) is 0 Å². The lowest BCUT2D eigenvalue weighted by molar-refractivity contribution is 0.369. The Bertz CT molecular complexity index is 535. The zero-order valence-corrected chi connectivity index (χ0v) is 12.4. The summed E-state index contributed by atoms with van der Waals surface area (Å²) in [5.74, 6) is 2.02. The van der Waals surface area contributed by atoms with Crippen molar-refractivity contribution in [3.63, 3.8) is 0 Å². The fourth-order valence-electron chi connectivity index (χ4n) is 2.24. The van der Waals surface area contributed by atoms with Gasteiger partial charge in [-0.25, -0.2) is 0 Å². The van der Waals surface area contributed by atoms with Crippen molar-refractivity contribution in [1.82, 2.24) is 5.16 Å². The minimum atomic E-state index is 0.903. The van der Waals surface area contributed by atoms with Crippen LogP contribution in [0.2, 0.25) is 0 Å². The van der Waals surface area contributed by atoms with Crippen molar-refractivity contribution in [2.24, 2.45) is 0 Å². The SMILES string of the molecule is Brc1ccc(SCc2noc3c2CCCC3)cc1. The molecule has 2 aromatic rings. The number of thioether (sulfide) groups is 1. The first-order chi connectivity index (χ1) is 8.83. The van der Waals surface area contributed by atoms with E-state index in [1.165, 1.54) is 23.3 Å². The van der Waals surface area contributed by atoms with Gasteiger partial charge < -0.3 is 4.52 Å². The van der Waals surface area contributed by atoms with Gasteiger partial charge in [0.05, 0.1) is 5.69 Å². The van der Waals surface area contributed by atoms with Crippen LogP contribution in [0.3, 0.4) is 0 Å². The highest BCUT2D eigenvalue weighted by molar-refractivity contribution is 9.10. The Morgan fingerprint density at radius 2 is 1.94 bits per heavy atom. The molecule has 1 aliphatic rings. The molecule has 0 saturated heterocycles. The number of rotatable bonds is 3. The van der Waals surface area contributed by atoms with Crippen molar-refractivity contribution in [2.45, 2.75) is 36.3 Å². The van der Waals surface area contributed by atoms with Crippen LogP contribution < -0.4 is 0 Å². The summed E-state index contributed by atoms with van der Waals surface area (Å²) in [4.78, 5) is 1.27. The Kier molecular flexibility index (Phi) is 3.75. The molecular formula is C14H14BrNOS. The van der Waals surface area contributed by atoms with Gasteiger partial charge in [0.15, 0.2) is 0 Å². The van der Waals surface area contributed by atoms with E-state index >= 15 is 0 Å². The first-order valence-electron chi connectivity index (χ1n) is 6.17. The highest BCUT2D eigenvalue weighted by Crippen LogP contribution is 2.29. The molecule has 3 rings (SSSR count). The zero-order valence-electron chi connectivity index (χ0n) is 9.99. The molecule has 0 saturated carbocycles. The van der Waals surface area contributed by atoms with Crippen molar-refractivity contribution < 1.29 is 4.52 Å². The van der Waals surface area contributed by atoms with Gasteiger partial charge in [0.2, 0.25) is 0 Å². The number of nitrogens with zero attached hydrogens (tertiary/aromatic N) is 1. The molecule has 1 heterocycles. The smallest absolute Gasteiger partial charge is 0.140 e. The van der Waals surface area contributed by atoms with E-state index in [0.717, 1.165) is 34.5 Å². The molecule has 1 aromatic heterocycles. The molecule has 1 aliphatic carbocycles. The number of fused-ring (bicyclic) bond motifs is 1. The van der Waals surface area contributed by atoms with Gasteiger partial charge in [-0.15, -0.1) is 11.8 Å². The van der Waals surface area contributed by atoms with Crippen LogP contribution in [-0.4, -0.2) is 5.16 Å². The average molecular weight is 324 g/mol. The predicted molar refractivity (Wildman–Crippen MR) is 76.8 cm³/mol. The summed E-state index contributed by atoms with van der Waals surface area (Å²) in [6.07, 6.45) is 4.70. The van der Waals surface area contributed by atoms with Gasteiger partial charge in [0.1, 0.15) is 5.76 Å². The third kappa shape index (κ3) is 2.64. The summed E-state index contributed by atoms with van der Waals surface area (Å²) in [7, 11) is 0. The second-order valence-corrected chi connectivity index (χ2v) is 6.45. The van der Waals surface area contributed by atoms with Crippen molar-refractivity contribution in [2.75, 3.05) is 0 Å². The van der Waals surface area contributed by atoms with Gasteiger partial charge in [0.25, 0.3) is 0 Å². The van der Waals surface area contributed by atoms with Gasteiger partial charge in [-0.3, -0.25) is 0 Å². The molecule has 0 atom stereocenters. The molecule has 18 heavy (non-hydrogen) atoms. The molecule has 0 aliphatic heterocycles. The maximum Gasteiger partial charge on any atom is 0.140 e. The maximum atomic E-state index is 5.42. The minimum absolute atomic E-state index is 0.903. The summed E-state index contributed by atoms with van der Waals surface area (Å²) >= 11 is 5.26. The summed E-state index contributed by atoms with van der Waals surface area (Å²) in [5.41, 5.74) is 2.50. The van der Waals surface area contributed by atoms with Crippen molar-refractivity contribution >= 4 is 27.7 Å². The molecule has 4 heteroatoms. The molecule has 94 valence electrons. The topological polar surface area (TPSA) is 26.0 Å². The van der Waals surface area contributed by atoms with Gasteiger partial charge in [-0.05, 0) is 43.5 Å². The van der Waals surface area contributed by atoms with E-state index in [0.29, 0.717) is 0 Å². The van der Waals surface area contributed by atoms with Crippen molar-refractivity contribution in [3.05, 3.63) is 45.8 Å². The fraction of sp³-hybridized carbons (Fsp3) is 0.357. The molecule has 2 nitrogen and oxygen atoms in total. The largest absolute Gasteiger partial charge is 0.361 e. The molecule has 1 aromatic carbocycles. The van der Waals surface area contributed by atoms with E-state index < -0.39 is 0 Å². The summed E-state index contributed by atoms with van der Waals surface area (Å²) in [6.45, 7) is 0. The third-order valence-corrected chi connectivity index (χ3v) is 4.77. The zero-order chi connectivity index (χ0) is 12.4. The molecule has 0 spiro atoms. The normalized spacial score (nSPS) is 14.5. The van der Waals surface area contributed by atoms with Gasteiger partial charge in [-0.2, -0.15) is 0 Å². The number of hydrogen-bond acceptors (Lipinski definition) is 3. The van der Waals surface area contributed by atoms with Crippen LogP contribution in [0.25, 0.3) is 0 Å². The Hall–Kier alpha value is -0.740. The lowest BCUT2D eigenvalue weighted by Gasteiger charge is -2.08. The highest BCUT2D eigenvalue weighted by Gasteiger charge is 2.18. The fourth-order valence-corrected chi connectivity index (χ4v) is 3.37. The first kappa shape index (κ1) is 12.3. The van der Waals surface area contributed by atoms with Crippen LogP contribution in [0.4, 0.5) is 0 Å². The molecule has 0 amide bonds. The maximum absolute atomic E-state index is 5.42. The minimum Gasteiger partial charge on any atom is -0.361 e. The molecule has 0 bridgehead atoms. The predicted octanol–water partition coefficient (Wildman–Crippen LogP) is 4.61. The van der Waals surface area contributed by atoms with Gasteiger partial charge in [0, 0.05) is 27.1 Å². The molecule has 0 unspecified atom stereocenters. The van der Waals surface area contributed by atoms with E-state index in [1.54, 1.807) is 0 Å². The number of benzene rings is 1. The molecule has 0 fully saturated rings. The second kappa shape index (κ2) is 5.49. The van der Waals surface area contributed by atoms with Crippen LogP contribution in [0, 0.1) is 0 Å². The van der Waals surface area contributed by atoms with Crippen LogP contribution in [0.15, 0.2) is 38.2 Å². The lowest BCUT2D eigenvalue weighted by atomic mass is 9.97. The Balaban J connectivity index is 1.70. The highest BCUT2D eigenvalue weighted by atomic mass is 79.9. The molecular weight excluding hydrogens is 310 g/mol. The number of aromatic nitrogens is 1.